The molecular weight excluding hydrogens is 1400 g/mol. The number of carboxylic acids is 5. The zero-order valence-corrected chi connectivity index (χ0v) is 52.1. The van der Waals surface area contributed by atoms with Gasteiger partial charge in [0.25, 0.3) is 20.2 Å². The van der Waals surface area contributed by atoms with Crippen molar-refractivity contribution in [1.29, 1.82) is 0 Å². The smallest absolute Gasteiger partial charge is 0.337 e. The topological polar surface area (TPSA) is 697 Å². The summed E-state index contributed by atoms with van der Waals surface area (Å²) in [5.41, 5.74) is -7.83. The number of azo groups is 2. The number of phenolic OH excluding ortho intramolecular Hbond substituents is 2. The Kier molecular flexibility index (Phi) is 20.3. The van der Waals surface area contributed by atoms with E-state index >= 15 is 0 Å². The fourth-order valence-corrected chi connectivity index (χ4v) is 11.4. The van der Waals surface area contributed by atoms with Gasteiger partial charge in [0.1, 0.15) is 44.5 Å². The van der Waals surface area contributed by atoms with Crippen LogP contribution in [0.2, 0.25) is 0 Å². The molecule has 0 spiro atoms. The average Bonchev–Trinajstić information content (AvgIpc) is 0.752. The molecule has 23 N–H and O–H groups in total. The van der Waals surface area contributed by atoms with E-state index in [4.69, 9.17) is 0 Å². The van der Waals surface area contributed by atoms with Crippen LogP contribution in [0.1, 0.15) is 51.8 Å². The van der Waals surface area contributed by atoms with E-state index in [0.29, 0.717) is 36.4 Å². The van der Waals surface area contributed by atoms with E-state index in [0.717, 1.165) is 48.5 Å². The molecule has 0 radical (unpaired) electrons. The summed E-state index contributed by atoms with van der Waals surface area (Å²) in [7, 11) is -20.5. The summed E-state index contributed by atoms with van der Waals surface area (Å²) in [6, 6.07) is 12.6. The zero-order valence-electron chi connectivity index (χ0n) is 48.9. The third-order valence-electron chi connectivity index (χ3n) is 13.2. The predicted molar refractivity (Wildman–Crippen MR) is 345 cm³/mol. The summed E-state index contributed by atoms with van der Waals surface area (Å²) in [5, 5.41) is 121. The van der Waals surface area contributed by atoms with Crippen LogP contribution in [-0.2, 0) is 20.2 Å². The Labute approximate surface area is 553 Å². The molecule has 0 amide bonds. The van der Waals surface area contributed by atoms with Crippen LogP contribution < -0.4 is 31.9 Å². The second-order valence-corrected chi connectivity index (χ2v) is 25.6. The molecule has 2 aromatic heterocycles. The van der Waals surface area contributed by atoms with Crippen molar-refractivity contribution in [3.63, 3.8) is 0 Å². The number of hydrogen-bond donors (Lipinski definition) is 23. The van der Waals surface area contributed by atoms with Gasteiger partial charge in [-0.05, 0) is 102 Å². The van der Waals surface area contributed by atoms with Crippen LogP contribution in [0, 0.1) is 0 Å². The number of aromatic carboxylic acids is 5. The maximum Gasteiger partial charge on any atom is 0.337 e. The summed E-state index contributed by atoms with van der Waals surface area (Å²) in [6.07, 6.45) is 0. The first-order valence-corrected chi connectivity index (χ1v) is 32.7. The highest BCUT2D eigenvalue weighted by atomic mass is 32.3. The Bertz CT molecular complexity index is 5160. The molecule has 0 saturated carbocycles. The second-order valence-electron chi connectivity index (χ2n) is 19.8. The largest absolute Gasteiger partial charge is 0.505 e. The standard InChI is InChI=1S/C53H46N16O26S4/c70-9-7-54-48-60-50(64-52(62-48)58-33-18-25(96(84,85)86)11-22-15-35(98(90,91)92)39(41(72)37(22)33)68-66-31-13-20(43(74)75)1-4-27(31)45(78)79)56-24-3-6-30(29(17-24)47(82)83)57-51-61-49(55-8-10-71)63-53(65-51)59-34-19-26(97(87,88)89)12-23-16-36(99(93,94)95)40(42(73)38(23)34)69-67-32-14-21(44(76)77)2-5-28(32)46(80)81/h1-6,11-19,70-73,90-95H,7-10H2,(H,74,75)(H,76,77)(H,78,79)(H,80,81)(H,82,83)(H,84,85,86)(H,87,88,89)(H3,54,56,58,60,62,64)(H3,55,57,59,61,63,65). The van der Waals surface area contributed by atoms with E-state index in [9.17, 15) is 123 Å². The van der Waals surface area contributed by atoms with Crippen molar-refractivity contribution >= 4 is 175 Å². The van der Waals surface area contributed by atoms with Crippen LogP contribution in [0.15, 0.2) is 131 Å². The Morgan fingerprint density at radius 1 is 0.394 bits per heavy atom. The van der Waals surface area contributed by atoms with Crippen molar-refractivity contribution in [3.8, 4) is 11.5 Å². The lowest BCUT2D eigenvalue weighted by molar-refractivity contribution is 0.0682. The quantitative estimate of drug-likeness (QED) is 0.0169. The highest BCUT2D eigenvalue weighted by Crippen LogP contribution is 2.57. The van der Waals surface area contributed by atoms with Gasteiger partial charge in [0.05, 0.1) is 77.7 Å². The SMILES string of the molecule is O=C(O)c1ccc(C(=O)O)c(N=Nc2c(S(O)(O)O)cc3cc(S(=O)(=O)O)cc(Nc4nc(NCCO)nc(Nc5ccc(Nc6nc(NCCO)nc(Nc7cc(S(=O)(=O)O)cc8cc(S(O)(O)O)c(N=Nc9cc(C(=O)O)ccc9C(=O)O)c(O)c78)n6)c(C(=O)O)c5)n4)c3c2O)c1. The Morgan fingerprint density at radius 2 is 0.758 bits per heavy atom. The number of nitrogens with zero attached hydrogens (tertiary/aromatic N) is 10. The molecule has 9 rings (SSSR count). The Hall–Kier alpha value is -11.8. The van der Waals surface area contributed by atoms with E-state index in [1.165, 1.54) is 6.07 Å². The molecule has 46 heteroatoms. The Morgan fingerprint density at radius 3 is 1.10 bits per heavy atom. The van der Waals surface area contributed by atoms with Gasteiger partial charge in [-0.1, -0.05) is 0 Å². The molecule has 518 valence electrons. The maximum atomic E-state index is 13.0. The number of phenols is 2. The molecule has 0 aliphatic heterocycles. The van der Waals surface area contributed by atoms with Gasteiger partial charge >= 0.3 is 29.8 Å². The molecule has 0 aliphatic rings. The lowest BCUT2D eigenvalue weighted by Crippen LogP contribution is -2.13. The summed E-state index contributed by atoms with van der Waals surface area (Å²) in [6.45, 7) is -1.59. The summed E-state index contributed by atoms with van der Waals surface area (Å²) in [5.74, 6) is -13.4. The van der Waals surface area contributed by atoms with Crippen LogP contribution >= 0.6 is 21.7 Å². The van der Waals surface area contributed by atoms with Gasteiger partial charge in [-0.3, -0.25) is 9.11 Å². The minimum absolute atomic E-state index is 0.139. The fraction of sp³-hybridized carbons (Fsp3) is 0.0755. The van der Waals surface area contributed by atoms with Crippen molar-refractivity contribution in [3.05, 3.63) is 119 Å². The van der Waals surface area contributed by atoms with Crippen LogP contribution in [0.3, 0.4) is 0 Å². The lowest BCUT2D eigenvalue weighted by Gasteiger charge is -2.23. The van der Waals surface area contributed by atoms with Gasteiger partial charge in [-0.25, -0.2) is 24.0 Å². The molecule has 7 aromatic carbocycles. The third kappa shape index (κ3) is 16.4. The number of carboxylic acid groups (broad SMARTS) is 5. The van der Waals surface area contributed by atoms with Crippen molar-refractivity contribution in [2.45, 2.75) is 19.6 Å². The first-order chi connectivity index (χ1) is 46.4. The minimum atomic E-state index is -5.24. The highest BCUT2D eigenvalue weighted by molar-refractivity contribution is 8.19. The number of benzene rings is 7. The molecule has 9 aromatic rings. The number of aromatic nitrogens is 6. The van der Waals surface area contributed by atoms with Gasteiger partial charge in [-0.15, -0.1) is 20.5 Å². The van der Waals surface area contributed by atoms with Gasteiger partial charge in [0, 0.05) is 29.5 Å². The second kappa shape index (κ2) is 28.1. The number of aliphatic hydroxyl groups excluding tert-OH is 2. The zero-order chi connectivity index (χ0) is 72.4. The predicted octanol–water partition coefficient (Wildman–Crippen LogP) is 8.54. The summed E-state index contributed by atoms with van der Waals surface area (Å²) in [4.78, 5) is 81.8. The van der Waals surface area contributed by atoms with Crippen molar-refractivity contribution < 1.29 is 123 Å². The highest BCUT2D eigenvalue weighted by Gasteiger charge is 2.31. The van der Waals surface area contributed by atoms with Crippen LogP contribution in [0.25, 0.3) is 21.5 Å². The van der Waals surface area contributed by atoms with E-state index in [1.807, 2.05) is 0 Å². The number of fused-ring (bicyclic) bond motifs is 2. The number of aliphatic hydroxyl groups is 2. The number of carbonyl (C=O) groups is 5. The molecule has 0 bridgehead atoms. The number of anilines is 10. The first kappa shape index (κ1) is 71.5. The van der Waals surface area contributed by atoms with Gasteiger partial charge < -0.3 is 105 Å². The minimum Gasteiger partial charge on any atom is -0.505 e. The van der Waals surface area contributed by atoms with Crippen molar-refractivity contribution in [2.75, 3.05) is 58.2 Å². The van der Waals surface area contributed by atoms with E-state index in [1.54, 1.807) is 0 Å². The number of rotatable bonds is 27. The number of hydrogen-bond acceptors (Lipinski definition) is 35. The van der Waals surface area contributed by atoms with Crippen molar-refractivity contribution in [1.82, 2.24) is 29.9 Å². The van der Waals surface area contributed by atoms with Gasteiger partial charge in [-0.2, -0.15) is 46.7 Å². The third-order valence-corrected chi connectivity index (χ3v) is 16.7. The molecule has 42 nitrogen and oxygen atoms in total. The summed E-state index contributed by atoms with van der Waals surface area (Å²) >= 11 is 0. The molecule has 0 saturated heterocycles. The molecule has 99 heavy (non-hydrogen) atoms. The van der Waals surface area contributed by atoms with Gasteiger partial charge in [0.2, 0.25) is 35.7 Å². The molecule has 0 aliphatic carbocycles. The summed E-state index contributed by atoms with van der Waals surface area (Å²) < 4.78 is 134. The molecule has 0 unspecified atom stereocenters. The molecule has 0 fully saturated rings. The van der Waals surface area contributed by atoms with E-state index < -0.39 is 229 Å². The molecular formula is C53H46N16O26S4. The van der Waals surface area contributed by atoms with Gasteiger partial charge in [0.15, 0.2) is 11.5 Å². The Balaban J connectivity index is 1.10. The number of nitrogens with one attached hydrogen (secondary N) is 6. The van der Waals surface area contributed by atoms with Crippen LogP contribution in [0.4, 0.5) is 81.2 Å². The normalized spacial score (nSPS) is 12.4. The van der Waals surface area contributed by atoms with Crippen LogP contribution in [0.5, 0.6) is 11.5 Å². The lowest BCUT2D eigenvalue weighted by atomic mass is 10.1. The number of aromatic hydroxyl groups is 2. The monoisotopic (exact) mass is 1450 g/mol. The van der Waals surface area contributed by atoms with E-state index in [2.05, 4.69) is 82.3 Å². The maximum absolute atomic E-state index is 13.0. The van der Waals surface area contributed by atoms with E-state index in [-0.39, 0.29) is 30.4 Å². The average molecular weight is 1450 g/mol. The van der Waals surface area contributed by atoms with Crippen molar-refractivity contribution in [2.24, 2.45) is 20.5 Å². The first-order valence-electron chi connectivity index (χ1n) is 26.8. The fourth-order valence-electron chi connectivity index (χ4n) is 8.96. The molecule has 2 heterocycles. The van der Waals surface area contributed by atoms with Crippen LogP contribution in [-0.4, -0.2) is 185 Å². The molecule has 0 atom stereocenters.